The Bertz CT molecular complexity index is 794. The summed E-state index contributed by atoms with van der Waals surface area (Å²) in [6, 6.07) is 11.5. The van der Waals surface area contributed by atoms with E-state index in [9.17, 15) is 14.0 Å². The molecule has 2 aromatic carbocycles. The summed E-state index contributed by atoms with van der Waals surface area (Å²) in [6.07, 6.45) is 0.101. The Morgan fingerprint density at radius 2 is 1.69 bits per heavy atom. The molecule has 0 heterocycles. The van der Waals surface area contributed by atoms with Gasteiger partial charge in [0.1, 0.15) is 5.82 Å². The fourth-order valence-corrected chi connectivity index (χ4v) is 2.58. The van der Waals surface area contributed by atoms with Crippen LogP contribution in [0.3, 0.4) is 0 Å². The van der Waals surface area contributed by atoms with Crippen LogP contribution in [0.25, 0.3) is 0 Å². The molecule has 0 radical (unpaired) electrons. The molecule has 0 saturated carbocycles. The zero-order chi connectivity index (χ0) is 19.3. The number of amides is 2. The minimum absolute atomic E-state index is 0.0702. The number of halogens is 2. The molecular formula is C19H21ClFN3O2. The summed E-state index contributed by atoms with van der Waals surface area (Å²) in [6.45, 7) is 1.55. The van der Waals surface area contributed by atoms with Gasteiger partial charge in [-0.15, -0.1) is 0 Å². The van der Waals surface area contributed by atoms with Gasteiger partial charge < -0.3 is 15.1 Å². The first-order valence-electron chi connectivity index (χ1n) is 8.08. The standard InChI is InChI=1S/C19H21ClFN3O2/c1-13(25)24(16-8-9-18(21)17(20)12-16)11-10-19(26)22-14-4-6-15(7-5-14)23(2)3/h4-9,12H,10-11H2,1-3H3,(H,22,26). The Labute approximate surface area is 157 Å². The van der Waals surface area contributed by atoms with E-state index in [1.165, 1.54) is 30.0 Å². The molecule has 0 aliphatic rings. The van der Waals surface area contributed by atoms with Crippen molar-refractivity contribution in [2.24, 2.45) is 0 Å². The van der Waals surface area contributed by atoms with Crippen LogP contribution in [0.5, 0.6) is 0 Å². The minimum atomic E-state index is -0.558. The van der Waals surface area contributed by atoms with Gasteiger partial charge in [0, 0.05) is 51.0 Å². The predicted molar refractivity (Wildman–Crippen MR) is 103 cm³/mol. The molecule has 5 nitrogen and oxygen atoms in total. The third-order valence-corrected chi connectivity index (χ3v) is 4.11. The van der Waals surface area contributed by atoms with E-state index in [2.05, 4.69) is 5.32 Å². The fourth-order valence-electron chi connectivity index (χ4n) is 2.40. The largest absolute Gasteiger partial charge is 0.378 e. The first-order valence-corrected chi connectivity index (χ1v) is 8.46. The van der Waals surface area contributed by atoms with Gasteiger partial charge in [-0.1, -0.05) is 11.6 Å². The van der Waals surface area contributed by atoms with Crippen molar-refractivity contribution in [3.05, 3.63) is 53.3 Å². The maximum absolute atomic E-state index is 13.3. The van der Waals surface area contributed by atoms with Crippen LogP contribution in [0.4, 0.5) is 21.5 Å². The summed E-state index contributed by atoms with van der Waals surface area (Å²) in [5.74, 6) is -1.03. The van der Waals surface area contributed by atoms with Crippen LogP contribution in [0.1, 0.15) is 13.3 Å². The van der Waals surface area contributed by atoms with E-state index < -0.39 is 5.82 Å². The molecule has 7 heteroatoms. The Morgan fingerprint density at radius 3 is 2.23 bits per heavy atom. The molecule has 26 heavy (non-hydrogen) atoms. The number of anilines is 3. The SMILES string of the molecule is CC(=O)N(CCC(=O)Nc1ccc(N(C)C)cc1)c1ccc(F)c(Cl)c1. The van der Waals surface area contributed by atoms with Crippen molar-refractivity contribution in [1.82, 2.24) is 0 Å². The molecule has 0 aliphatic heterocycles. The number of hydrogen-bond acceptors (Lipinski definition) is 3. The molecule has 1 N–H and O–H groups in total. The topological polar surface area (TPSA) is 52.7 Å². The van der Waals surface area contributed by atoms with Gasteiger partial charge in [0.25, 0.3) is 0 Å². The van der Waals surface area contributed by atoms with Crippen molar-refractivity contribution in [3.8, 4) is 0 Å². The average Bonchev–Trinajstić information content (AvgIpc) is 2.58. The average molecular weight is 378 g/mol. The molecule has 0 fully saturated rings. The van der Waals surface area contributed by atoms with Crippen LogP contribution in [0.2, 0.25) is 5.02 Å². The lowest BCUT2D eigenvalue weighted by molar-refractivity contribution is -0.117. The summed E-state index contributed by atoms with van der Waals surface area (Å²) in [7, 11) is 3.87. The van der Waals surface area contributed by atoms with E-state index >= 15 is 0 Å². The normalized spacial score (nSPS) is 10.3. The summed E-state index contributed by atoms with van der Waals surface area (Å²) in [4.78, 5) is 27.4. The van der Waals surface area contributed by atoms with E-state index in [1.807, 2.05) is 43.3 Å². The number of hydrogen-bond donors (Lipinski definition) is 1. The Morgan fingerprint density at radius 1 is 1.08 bits per heavy atom. The Kier molecular flexibility index (Phi) is 6.58. The summed E-state index contributed by atoms with van der Waals surface area (Å²) in [5.41, 5.74) is 2.16. The molecule has 0 atom stereocenters. The van der Waals surface area contributed by atoms with Gasteiger partial charge in [0.15, 0.2) is 0 Å². The molecule has 0 bridgehead atoms. The lowest BCUT2D eigenvalue weighted by Crippen LogP contribution is -2.32. The van der Waals surface area contributed by atoms with Crippen LogP contribution in [0, 0.1) is 5.82 Å². The van der Waals surface area contributed by atoms with E-state index in [1.54, 1.807) is 0 Å². The zero-order valence-electron chi connectivity index (χ0n) is 14.9. The first kappa shape index (κ1) is 19.7. The quantitative estimate of drug-likeness (QED) is 0.829. The molecule has 138 valence electrons. The molecule has 2 rings (SSSR count). The van der Waals surface area contributed by atoms with Gasteiger partial charge in [-0.3, -0.25) is 9.59 Å². The second-order valence-corrected chi connectivity index (χ2v) is 6.42. The van der Waals surface area contributed by atoms with Gasteiger partial charge in [-0.05, 0) is 42.5 Å². The maximum atomic E-state index is 13.3. The number of carbonyl (C=O) groups is 2. The van der Waals surface area contributed by atoms with Crippen molar-refractivity contribution in [3.63, 3.8) is 0 Å². The summed E-state index contributed by atoms with van der Waals surface area (Å²) in [5, 5.41) is 2.72. The molecule has 2 aromatic rings. The molecule has 0 saturated heterocycles. The third-order valence-electron chi connectivity index (χ3n) is 3.82. The van der Waals surface area contributed by atoms with Gasteiger partial charge in [0.05, 0.1) is 5.02 Å². The predicted octanol–water partition coefficient (Wildman–Crippen LogP) is 3.93. The number of nitrogens with zero attached hydrogens (tertiary/aromatic N) is 2. The van der Waals surface area contributed by atoms with Crippen LogP contribution in [0.15, 0.2) is 42.5 Å². The number of rotatable bonds is 6. The van der Waals surface area contributed by atoms with E-state index in [4.69, 9.17) is 11.6 Å². The zero-order valence-corrected chi connectivity index (χ0v) is 15.7. The van der Waals surface area contributed by atoms with E-state index in [0.29, 0.717) is 11.4 Å². The van der Waals surface area contributed by atoms with Crippen molar-refractivity contribution >= 4 is 40.5 Å². The molecule has 2 amide bonds. The third kappa shape index (κ3) is 5.20. The van der Waals surface area contributed by atoms with Crippen LogP contribution in [-0.4, -0.2) is 32.5 Å². The Balaban J connectivity index is 1.98. The number of nitrogens with one attached hydrogen (secondary N) is 1. The van der Waals surface area contributed by atoms with Crippen LogP contribution >= 0.6 is 11.6 Å². The first-order chi connectivity index (χ1) is 12.3. The van der Waals surface area contributed by atoms with Crippen molar-refractivity contribution in [2.75, 3.05) is 35.8 Å². The lowest BCUT2D eigenvalue weighted by Gasteiger charge is -2.21. The molecular weight excluding hydrogens is 357 g/mol. The van der Waals surface area contributed by atoms with Gasteiger partial charge in [-0.2, -0.15) is 0 Å². The number of benzene rings is 2. The lowest BCUT2D eigenvalue weighted by atomic mass is 10.2. The monoisotopic (exact) mass is 377 g/mol. The van der Waals surface area contributed by atoms with E-state index in [-0.39, 0.29) is 29.8 Å². The van der Waals surface area contributed by atoms with Crippen LogP contribution in [-0.2, 0) is 9.59 Å². The van der Waals surface area contributed by atoms with Gasteiger partial charge >= 0.3 is 0 Å². The molecule has 0 unspecified atom stereocenters. The molecule has 0 aliphatic carbocycles. The van der Waals surface area contributed by atoms with Gasteiger partial charge in [-0.25, -0.2) is 4.39 Å². The Hall–Kier alpha value is -2.60. The number of carbonyl (C=O) groups excluding carboxylic acids is 2. The van der Waals surface area contributed by atoms with Gasteiger partial charge in [0.2, 0.25) is 11.8 Å². The second-order valence-electron chi connectivity index (χ2n) is 6.01. The maximum Gasteiger partial charge on any atom is 0.226 e. The highest BCUT2D eigenvalue weighted by atomic mass is 35.5. The highest BCUT2D eigenvalue weighted by Gasteiger charge is 2.15. The molecule has 0 spiro atoms. The smallest absolute Gasteiger partial charge is 0.226 e. The minimum Gasteiger partial charge on any atom is -0.378 e. The van der Waals surface area contributed by atoms with E-state index in [0.717, 1.165) is 5.69 Å². The fraction of sp³-hybridized carbons (Fsp3) is 0.263. The van der Waals surface area contributed by atoms with Crippen LogP contribution < -0.4 is 15.1 Å². The summed E-state index contributed by atoms with van der Waals surface area (Å²) < 4.78 is 13.3. The van der Waals surface area contributed by atoms with Crippen molar-refractivity contribution in [2.45, 2.75) is 13.3 Å². The second kappa shape index (κ2) is 8.67. The highest BCUT2D eigenvalue weighted by Crippen LogP contribution is 2.23. The summed E-state index contributed by atoms with van der Waals surface area (Å²) >= 11 is 5.77. The highest BCUT2D eigenvalue weighted by molar-refractivity contribution is 6.31. The van der Waals surface area contributed by atoms with Crippen molar-refractivity contribution in [1.29, 1.82) is 0 Å². The molecule has 0 aromatic heterocycles. The van der Waals surface area contributed by atoms with Crippen molar-refractivity contribution < 1.29 is 14.0 Å².